The number of hydrogen-bond donors (Lipinski definition) is 1. The van der Waals surface area contributed by atoms with Crippen LogP contribution in [0.3, 0.4) is 0 Å². The van der Waals surface area contributed by atoms with Crippen molar-refractivity contribution in [1.82, 2.24) is 15.0 Å². The van der Waals surface area contributed by atoms with Crippen LogP contribution in [0.1, 0.15) is 17.0 Å². The number of H-pyrrole nitrogens is 1. The Morgan fingerprint density at radius 2 is 1.97 bits per heavy atom. The van der Waals surface area contributed by atoms with Crippen LogP contribution in [0, 0.1) is 5.82 Å². The predicted molar refractivity (Wildman–Crippen MR) is 119 cm³/mol. The van der Waals surface area contributed by atoms with Gasteiger partial charge >= 0.3 is 0 Å². The fourth-order valence-corrected chi connectivity index (χ4v) is 4.39. The molecular weight excluding hydrogens is 469 g/mol. The zero-order valence-corrected chi connectivity index (χ0v) is 18.0. The van der Waals surface area contributed by atoms with E-state index in [1.165, 1.54) is 6.07 Å². The summed E-state index contributed by atoms with van der Waals surface area (Å²) < 4.78 is 20.6. The Hall–Kier alpha value is -2.83. The van der Waals surface area contributed by atoms with Gasteiger partial charge in [-0.05, 0) is 46.3 Å². The van der Waals surface area contributed by atoms with Crippen LogP contribution < -0.4 is 0 Å². The molecule has 0 spiro atoms. The zero-order valence-electron chi connectivity index (χ0n) is 15.7. The molecule has 4 nitrogen and oxygen atoms in total. The molecule has 0 saturated heterocycles. The third-order valence-electron chi connectivity index (χ3n) is 5.07. The average molecular weight is 485 g/mol. The Bertz CT molecular complexity index is 1250. The molecule has 0 amide bonds. The summed E-state index contributed by atoms with van der Waals surface area (Å²) in [6.45, 7) is 1.22. The molecule has 5 rings (SSSR count). The monoisotopic (exact) mass is 483 g/mol. The first kappa shape index (κ1) is 19.2. The van der Waals surface area contributed by atoms with E-state index in [9.17, 15) is 4.39 Å². The van der Waals surface area contributed by atoms with Crippen molar-refractivity contribution in [3.63, 3.8) is 0 Å². The van der Waals surface area contributed by atoms with Gasteiger partial charge < -0.3 is 14.4 Å². The van der Waals surface area contributed by atoms with E-state index in [2.05, 4.69) is 31.0 Å². The second-order valence-corrected chi connectivity index (χ2v) is 8.32. The minimum absolute atomic E-state index is 0.256. The summed E-state index contributed by atoms with van der Waals surface area (Å²) in [6, 6.07) is 16.2. The normalized spacial score (nSPS) is 13.0. The lowest BCUT2D eigenvalue weighted by atomic mass is 10.1. The standard InChI is InChI=1S/C23H16BrClFN3O/c24-22-18-9-10-29(13-21(18)27-23(22)17-3-1-2-4-19(17)26)12-16-11-20(28-30-16)14-5-7-15(25)8-6-14/h1-11,27H,12-13H2. The van der Waals surface area contributed by atoms with Gasteiger partial charge in [-0.25, -0.2) is 4.39 Å². The third kappa shape index (κ3) is 3.57. The summed E-state index contributed by atoms with van der Waals surface area (Å²) in [7, 11) is 0. The molecule has 0 saturated carbocycles. The average Bonchev–Trinajstić information content (AvgIpc) is 3.34. The molecule has 30 heavy (non-hydrogen) atoms. The lowest BCUT2D eigenvalue weighted by molar-refractivity contribution is 0.290. The number of benzene rings is 2. The van der Waals surface area contributed by atoms with Gasteiger partial charge in [-0.15, -0.1) is 0 Å². The van der Waals surface area contributed by atoms with Crippen LogP contribution in [0.2, 0.25) is 5.02 Å². The minimum atomic E-state index is -0.256. The van der Waals surface area contributed by atoms with Gasteiger partial charge in [-0.3, -0.25) is 0 Å². The van der Waals surface area contributed by atoms with Crippen LogP contribution in [0.4, 0.5) is 4.39 Å². The lowest BCUT2D eigenvalue weighted by Gasteiger charge is -2.22. The first-order valence-electron chi connectivity index (χ1n) is 9.37. The van der Waals surface area contributed by atoms with E-state index >= 15 is 0 Å². The molecule has 0 unspecified atom stereocenters. The number of nitrogens with one attached hydrogen (secondary N) is 1. The van der Waals surface area contributed by atoms with E-state index in [1.807, 2.05) is 48.7 Å². The molecule has 0 radical (unpaired) electrons. The van der Waals surface area contributed by atoms with Crippen molar-refractivity contribution >= 4 is 33.6 Å². The van der Waals surface area contributed by atoms with Gasteiger partial charge in [0.1, 0.15) is 11.5 Å². The number of aromatic nitrogens is 2. The van der Waals surface area contributed by atoms with Crippen molar-refractivity contribution in [2.45, 2.75) is 13.1 Å². The Kier molecular flexibility index (Phi) is 4.97. The van der Waals surface area contributed by atoms with E-state index in [0.717, 1.165) is 38.4 Å². The number of hydrogen-bond acceptors (Lipinski definition) is 3. The van der Waals surface area contributed by atoms with Crippen LogP contribution in [-0.4, -0.2) is 15.0 Å². The fourth-order valence-electron chi connectivity index (χ4n) is 3.58. The van der Waals surface area contributed by atoms with E-state index in [-0.39, 0.29) is 5.82 Å². The second-order valence-electron chi connectivity index (χ2n) is 7.09. The Balaban J connectivity index is 1.35. The molecule has 0 fully saturated rings. The quantitative estimate of drug-likeness (QED) is 0.343. The molecule has 0 bridgehead atoms. The molecule has 0 atom stereocenters. The molecule has 7 heteroatoms. The fraction of sp³-hybridized carbons (Fsp3) is 0.0870. The van der Waals surface area contributed by atoms with Crippen LogP contribution in [0.15, 0.2) is 69.8 Å². The highest BCUT2D eigenvalue weighted by Crippen LogP contribution is 2.37. The van der Waals surface area contributed by atoms with Gasteiger partial charge in [0.2, 0.25) is 0 Å². The van der Waals surface area contributed by atoms with Crippen LogP contribution in [0.25, 0.3) is 28.6 Å². The highest BCUT2D eigenvalue weighted by atomic mass is 79.9. The summed E-state index contributed by atoms with van der Waals surface area (Å²) in [4.78, 5) is 5.49. The zero-order chi connectivity index (χ0) is 20.7. The van der Waals surface area contributed by atoms with Gasteiger partial charge in [0, 0.05) is 39.7 Å². The van der Waals surface area contributed by atoms with E-state index in [1.54, 1.807) is 12.1 Å². The van der Waals surface area contributed by atoms with Crippen LogP contribution >= 0.6 is 27.5 Å². The minimum Gasteiger partial charge on any atom is -0.364 e. The van der Waals surface area contributed by atoms with Crippen LogP contribution in [-0.2, 0) is 13.1 Å². The number of fused-ring (bicyclic) bond motifs is 1. The number of rotatable bonds is 4. The Morgan fingerprint density at radius 1 is 1.17 bits per heavy atom. The molecule has 150 valence electrons. The summed E-state index contributed by atoms with van der Waals surface area (Å²) in [6.07, 6.45) is 4.02. The predicted octanol–water partition coefficient (Wildman–Crippen LogP) is 6.88. The Labute approximate surface area is 186 Å². The topological polar surface area (TPSA) is 45.1 Å². The highest BCUT2D eigenvalue weighted by molar-refractivity contribution is 9.10. The maximum Gasteiger partial charge on any atom is 0.156 e. The summed E-state index contributed by atoms with van der Waals surface area (Å²) >= 11 is 9.57. The van der Waals surface area contributed by atoms with Crippen LogP contribution in [0.5, 0.6) is 0 Å². The van der Waals surface area contributed by atoms with Crippen molar-refractivity contribution < 1.29 is 8.91 Å². The molecule has 2 aromatic carbocycles. The maximum atomic E-state index is 14.3. The summed E-state index contributed by atoms with van der Waals surface area (Å²) in [5.74, 6) is 0.502. The van der Waals surface area contributed by atoms with Crippen molar-refractivity contribution in [2.24, 2.45) is 0 Å². The smallest absolute Gasteiger partial charge is 0.156 e. The molecule has 4 aromatic rings. The largest absolute Gasteiger partial charge is 0.364 e. The van der Waals surface area contributed by atoms with Gasteiger partial charge in [0.05, 0.1) is 23.3 Å². The summed E-state index contributed by atoms with van der Waals surface area (Å²) in [5.41, 5.74) is 5.06. The molecule has 2 aromatic heterocycles. The third-order valence-corrected chi connectivity index (χ3v) is 6.15. The molecular formula is C23H16BrClFN3O. The van der Waals surface area contributed by atoms with E-state index in [4.69, 9.17) is 16.1 Å². The highest BCUT2D eigenvalue weighted by Gasteiger charge is 2.22. The first-order chi connectivity index (χ1) is 14.6. The van der Waals surface area contributed by atoms with Crippen molar-refractivity contribution in [3.8, 4) is 22.5 Å². The summed E-state index contributed by atoms with van der Waals surface area (Å²) in [5, 5.41) is 4.85. The molecule has 0 aliphatic carbocycles. The van der Waals surface area contributed by atoms with Crippen molar-refractivity contribution in [1.29, 1.82) is 0 Å². The number of halogens is 3. The SMILES string of the molecule is Fc1ccccc1-c1[nH]c2c(c1Br)C=CN(Cc1cc(-c3ccc(Cl)cc3)no1)C2. The maximum absolute atomic E-state index is 14.3. The Morgan fingerprint density at radius 3 is 2.77 bits per heavy atom. The van der Waals surface area contributed by atoms with E-state index < -0.39 is 0 Å². The number of aromatic amines is 1. The van der Waals surface area contributed by atoms with Gasteiger partial charge in [-0.1, -0.05) is 41.0 Å². The first-order valence-corrected chi connectivity index (χ1v) is 10.5. The molecule has 1 aliphatic rings. The number of nitrogens with zero attached hydrogens (tertiary/aromatic N) is 2. The second kappa shape index (κ2) is 7.78. The van der Waals surface area contributed by atoms with Gasteiger partial charge in [-0.2, -0.15) is 0 Å². The van der Waals surface area contributed by atoms with E-state index in [0.29, 0.717) is 23.7 Å². The molecule has 1 aliphatic heterocycles. The molecule has 3 heterocycles. The lowest BCUT2D eigenvalue weighted by Crippen LogP contribution is -2.19. The van der Waals surface area contributed by atoms with Crippen molar-refractivity contribution in [3.05, 3.63) is 93.1 Å². The molecule has 1 N–H and O–H groups in total. The van der Waals surface area contributed by atoms with Gasteiger partial charge in [0.25, 0.3) is 0 Å². The van der Waals surface area contributed by atoms with Crippen molar-refractivity contribution in [2.75, 3.05) is 0 Å². The van der Waals surface area contributed by atoms with Gasteiger partial charge in [0.15, 0.2) is 5.76 Å².